The first-order chi connectivity index (χ1) is 13.7. The molecule has 0 amide bonds. The fourth-order valence-electron chi connectivity index (χ4n) is 2.64. The molecule has 0 saturated carbocycles. The summed E-state index contributed by atoms with van der Waals surface area (Å²) in [4.78, 5) is 0. The first-order valence-electron chi connectivity index (χ1n) is 8.38. The van der Waals surface area contributed by atoms with Gasteiger partial charge in [0, 0.05) is 5.56 Å². The average molecular weight is 405 g/mol. The van der Waals surface area contributed by atoms with Crippen molar-refractivity contribution >= 4 is 23.4 Å². The Morgan fingerprint density at radius 3 is 2.39 bits per heavy atom. The van der Waals surface area contributed by atoms with Gasteiger partial charge in [0.15, 0.2) is 16.7 Å². The molecule has 0 unspecified atom stereocenters. The number of benzene rings is 2. The second-order valence-electron chi connectivity index (χ2n) is 5.83. The van der Waals surface area contributed by atoms with Crippen LogP contribution in [0.3, 0.4) is 0 Å². The summed E-state index contributed by atoms with van der Waals surface area (Å²) in [5.41, 5.74) is 2.19. The van der Waals surface area contributed by atoms with Gasteiger partial charge in [-0.3, -0.25) is 4.57 Å². The molecule has 0 aliphatic heterocycles. The molecule has 0 aliphatic carbocycles. The van der Waals surface area contributed by atoms with E-state index in [0.717, 1.165) is 11.1 Å². The maximum atomic E-state index is 8.88. The van der Waals surface area contributed by atoms with Crippen LogP contribution in [0.4, 0.5) is 0 Å². The molecule has 0 saturated heterocycles. The van der Waals surface area contributed by atoms with Crippen LogP contribution in [0.15, 0.2) is 76.9 Å². The van der Waals surface area contributed by atoms with E-state index >= 15 is 0 Å². The zero-order chi connectivity index (χ0) is 19.3. The summed E-state index contributed by atoms with van der Waals surface area (Å²) in [7, 11) is 0. The highest BCUT2D eigenvalue weighted by atomic mass is 35.5. The molecule has 0 radical (unpaired) electrons. The van der Waals surface area contributed by atoms with Crippen molar-refractivity contribution in [3.05, 3.63) is 83.0 Å². The Labute approximate surface area is 170 Å². The second-order valence-corrected chi connectivity index (χ2v) is 7.22. The van der Waals surface area contributed by atoms with Crippen molar-refractivity contribution in [1.82, 2.24) is 25.0 Å². The molecule has 136 valence electrons. The summed E-state index contributed by atoms with van der Waals surface area (Å²) in [6.45, 7) is 0.584. The van der Waals surface area contributed by atoms with Gasteiger partial charge in [-0.15, -0.1) is 20.4 Å². The number of hydrogen-bond donors (Lipinski definition) is 0. The van der Waals surface area contributed by atoms with Crippen molar-refractivity contribution < 1.29 is 0 Å². The molecule has 6 nitrogen and oxygen atoms in total. The van der Waals surface area contributed by atoms with Gasteiger partial charge in [-0.25, -0.2) is 0 Å². The third-order valence-corrected chi connectivity index (χ3v) is 5.21. The fourth-order valence-corrected chi connectivity index (χ4v) is 3.61. The Morgan fingerprint density at radius 1 is 0.893 bits per heavy atom. The topological polar surface area (TPSA) is 80.3 Å². The van der Waals surface area contributed by atoms with Gasteiger partial charge < -0.3 is 0 Å². The van der Waals surface area contributed by atoms with Crippen LogP contribution in [0.1, 0.15) is 11.3 Å². The minimum atomic E-state index is 0.270. The first-order valence-corrected chi connectivity index (χ1v) is 9.58. The Morgan fingerprint density at radius 2 is 1.68 bits per heavy atom. The van der Waals surface area contributed by atoms with Gasteiger partial charge in [-0.2, -0.15) is 5.26 Å². The van der Waals surface area contributed by atoms with E-state index in [2.05, 4.69) is 20.4 Å². The smallest absolute Gasteiger partial charge is 0.198 e. The lowest BCUT2D eigenvalue weighted by atomic mass is 10.2. The number of rotatable bonds is 5. The third-order valence-electron chi connectivity index (χ3n) is 3.97. The summed E-state index contributed by atoms with van der Waals surface area (Å²) in [6, 6.07) is 22.9. The lowest BCUT2D eigenvalue weighted by molar-refractivity contribution is 0.713. The highest BCUT2D eigenvalue weighted by Gasteiger charge is 2.18. The molecule has 2 aromatic carbocycles. The monoisotopic (exact) mass is 404 g/mol. The highest BCUT2D eigenvalue weighted by Crippen LogP contribution is 2.32. The van der Waals surface area contributed by atoms with Crippen molar-refractivity contribution in [3.8, 4) is 17.5 Å². The van der Waals surface area contributed by atoms with E-state index in [1.165, 1.54) is 11.8 Å². The molecule has 0 aliphatic rings. The maximum absolute atomic E-state index is 8.88. The zero-order valence-corrected chi connectivity index (χ0v) is 16.1. The van der Waals surface area contributed by atoms with Crippen molar-refractivity contribution in [2.45, 2.75) is 16.7 Å². The molecule has 2 aromatic heterocycles. The van der Waals surface area contributed by atoms with Crippen molar-refractivity contribution in [1.29, 1.82) is 5.26 Å². The molecule has 8 heteroatoms. The predicted octanol–water partition coefficient (Wildman–Crippen LogP) is 4.46. The van der Waals surface area contributed by atoms with Crippen molar-refractivity contribution in [2.75, 3.05) is 0 Å². The quantitative estimate of drug-likeness (QED) is 0.488. The van der Waals surface area contributed by atoms with Crippen LogP contribution < -0.4 is 0 Å². The van der Waals surface area contributed by atoms with Crippen LogP contribution in [0.5, 0.6) is 0 Å². The van der Waals surface area contributed by atoms with Gasteiger partial charge in [0.2, 0.25) is 0 Å². The van der Waals surface area contributed by atoms with E-state index < -0.39 is 0 Å². The van der Waals surface area contributed by atoms with Gasteiger partial charge in [0.05, 0.1) is 11.6 Å². The van der Waals surface area contributed by atoms with Crippen LogP contribution in [0.25, 0.3) is 11.4 Å². The molecule has 0 N–H and O–H groups in total. The highest BCUT2D eigenvalue weighted by molar-refractivity contribution is 7.99. The zero-order valence-electron chi connectivity index (χ0n) is 14.5. The van der Waals surface area contributed by atoms with Gasteiger partial charge in [-0.05, 0) is 41.6 Å². The van der Waals surface area contributed by atoms with Crippen LogP contribution in [-0.4, -0.2) is 25.0 Å². The van der Waals surface area contributed by atoms with E-state index in [9.17, 15) is 0 Å². The number of halogens is 1. The molecule has 0 bridgehead atoms. The van der Waals surface area contributed by atoms with E-state index in [1.807, 2.05) is 65.2 Å². The van der Waals surface area contributed by atoms with Crippen molar-refractivity contribution in [2.24, 2.45) is 0 Å². The molecular weight excluding hydrogens is 392 g/mol. The lowest BCUT2D eigenvalue weighted by Gasteiger charge is -2.11. The summed E-state index contributed by atoms with van der Waals surface area (Å²) in [6.07, 6.45) is 0. The third kappa shape index (κ3) is 3.88. The minimum absolute atomic E-state index is 0.270. The Bertz CT molecular complexity index is 1140. The Hall–Kier alpha value is -3.21. The van der Waals surface area contributed by atoms with E-state index in [1.54, 1.807) is 12.1 Å². The minimum Gasteiger partial charge on any atom is -0.297 e. The SMILES string of the molecule is N#Cc1ccc(Sc2nnc(-c3ccccc3Cl)n2Cc2ccccc2)nn1. The van der Waals surface area contributed by atoms with Crippen molar-refractivity contribution in [3.63, 3.8) is 0 Å². The number of nitrogens with zero attached hydrogens (tertiary/aromatic N) is 6. The van der Waals surface area contributed by atoms with Gasteiger partial charge in [0.25, 0.3) is 0 Å². The molecule has 0 spiro atoms. The molecule has 4 rings (SSSR count). The summed E-state index contributed by atoms with van der Waals surface area (Å²) < 4.78 is 2.00. The first kappa shape index (κ1) is 18.2. The lowest BCUT2D eigenvalue weighted by Crippen LogP contribution is -2.04. The predicted molar refractivity (Wildman–Crippen MR) is 107 cm³/mol. The summed E-state index contributed by atoms with van der Waals surface area (Å²) >= 11 is 7.73. The fraction of sp³-hybridized carbons (Fsp3) is 0.0500. The standard InChI is InChI=1S/C20H13ClN6S/c21-17-9-5-4-8-16(17)19-25-26-20(27(19)13-14-6-2-1-3-7-14)28-18-11-10-15(12-22)23-24-18/h1-11H,13H2. The van der Waals surface area contributed by atoms with E-state index in [0.29, 0.717) is 27.6 Å². The van der Waals surface area contributed by atoms with Gasteiger partial charge >= 0.3 is 0 Å². The summed E-state index contributed by atoms with van der Waals surface area (Å²) in [5.74, 6) is 0.679. The number of hydrogen-bond acceptors (Lipinski definition) is 6. The molecule has 2 heterocycles. The van der Waals surface area contributed by atoms with Crippen LogP contribution in [-0.2, 0) is 6.54 Å². The average Bonchev–Trinajstić information content (AvgIpc) is 3.11. The van der Waals surface area contributed by atoms with E-state index in [-0.39, 0.29) is 5.69 Å². The molecular formula is C20H13ClN6S. The molecule has 0 fully saturated rings. The van der Waals surface area contributed by atoms with Gasteiger partial charge in [0.1, 0.15) is 11.1 Å². The normalized spacial score (nSPS) is 10.6. The molecule has 4 aromatic rings. The maximum Gasteiger partial charge on any atom is 0.198 e. The van der Waals surface area contributed by atoms with Crippen LogP contribution in [0, 0.1) is 11.3 Å². The Balaban J connectivity index is 1.75. The Kier molecular flexibility index (Phi) is 5.33. The largest absolute Gasteiger partial charge is 0.297 e. The number of aromatic nitrogens is 5. The van der Waals surface area contributed by atoms with Gasteiger partial charge in [-0.1, -0.05) is 54.1 Å². The van der Waals surface area contributed by atoms with E-state index in [4.69, 9.17) is 16.9 Å². The van der Waals surface area contributed by atoms with Crippen LogP contribution in [0.2, 0.25) is 5.02 Å². The molecule has 0 atom stereocenters. The summed E-state index contributed by atoms with van der Waals surface area (Å²) in [5, 5.41) is 27.5. The number of nitriles is 1. The molecule has 28 heavy (non-hydrogen) atoms. The second kappa shape index (κ2) is 8.21. The van der Waals surface area contributed by atoms with Crippen LogP contribution >= 0.6 is 23.4 Å².